The van der Waals surface area contributed by atoms with E-state index in [9.17, 15) is 21.6 Å². The Kier molecular flexibility index (Phi) is 5.65. The van der Waals surface area contributed by atoms with Crippen molar-refractivity contribution in [2.75, 3.05) is 14.2 Å². The second-order valence-corrected chi connectivity index (χ2v) is 7.64. The minimum Gasteiger partial charge on any atom is -0.496 e. The molecule has 136 valence electrons. The average Bonchev–Trinajstić information content (AvgIpc) is 2.54. The summed E-state index contributed by atoms with van der Waals surface area (Å²) in [5.41, 5.74) is -0.514. The third-order valence-corrected chi connectivity index (χ3v) is 5.82. The van der Waals surface area contributed by atoms with Crippen LogP contribution in [0.2, 0.25) is 5.02 Å². The SMILES string of the molecule is COc1ccccc1CN(C)S(=O)(=O)c1cc(C(F)(F)F)ccc1Cl. The molecule has 0 N–H and O–H groups in total. The molecule has 4 nitrogen and oxygen atoms in total. The number of nitrogens with zero attached hydrogens (tertiary/aromatic N) is 1. The zero-order chi connectivity index (χ0) is 18.8. The quantitative estimate of drug-likeness (QED) is 0.765. The molecule has 0 aliphatic carbocycles. The normalized spacial score (nSPS) is 12.4. The first-order valence-electron chi connectivity index (χ1n) is 7.02. The van der Waals surface area contributed by atoms with Gasteiger partial charge >= 0.3 is 6.18 Å². The van der Waals surface area contributed by atoms with Crippen molar-refractivity contribution in [2.45, 2.75) is 17.6 Å². The van der Waals surface area contributed by atoms with E-state index in [1.165, 1.54) is 14.2 Å². The van der Waals surface area contributed by atoms with Crippen LogP contribution in [0.1, 0.15) is 11.1 Å². The van der Waals surface area contributed by atoms with Gasteiger partial charge in [0, 0.05) is 19.2 Å². The first kappa shape index (κ1) is 19.6. The van der Waals surface area contributed by atoms with Crippen LogP contribution in [0, 0.1) is 0 Å². The Balaban J connectivity index is 2.41. The molecule has 2 aromatic carbocycles. The molecule has 9 heteroatoms. The molecule has 0 atom stereocenters. The number of rotatable bonds is 5. The smallest absolute Gasteiger partial charge is 0.416 e. The van der Waals surface area contributed by atoms with Crippen molar-refractivity contribution in [1.82, 2.24) is 4.31 Å². The van der Waals surface area contributed by atoms with Gasteiger partial charge in [0.1, 0.15) is 10.6 Å². The lowest BCUT2D eigenvalue weighted by Gasteiger charge is -2.20. The third-order valence-electron chi connectivity index (χ3n) is 3.53. The topological polar surface area (TPSA) is 46.6 Å². The van der Waals surface area contributed by atoms with Crippen LogP contribution < -0.4 is 4.74 Å². The number of hydrogen-bond donors (Lipinski definition) is 0. The van der Waals surface area contributed by atoms with Gasteiger partial charge in [0.15, 0.2) is 0 Å². The van der Waals surface area contributed by atoms with Crippen LogP contribution in [0.3, 0.4) is 0 Å². The first-order chi connectivity index (χ1) is 11.6. The zero-order valence-electron chi connectivity index (χ0n) is 13.3. The molecule has 0 saturated heterocycles. The van der Waals surface area contributed by atoms with Crippen LogP contribution in [0.25, 0.3) is 0 Å². The highest BCUT2D eigenvalue weighted by Crippen LogP contribution is 2.34. The van der Waals surface area contributed by atoms with Gasteiger partial charge in [-0.2, -0.15) is 17.5 Å². The van der Waals surface area contributed by atoms with Crippen molar-refractivity contribution < 1.29 is 26.3 Å². The predicted molar refractivity (Wildman–Crippen MR) is 88.1 cm³/mol. The molecule has 2 rings (SSSR count). The van der Waals surface area contributed by atoms with E-state index in [1.54, 1.807) is 24.3 Å². The Morgan fingerprint density at radius 1 is 1.16 bits per heavy atom. The number of benzene rings is 2. The standard InChI is InChI=1S/C16H15ClF3NO3S/c1-21(10-11-5-3-4-6-14(11)24-2)25(22,23)15-9-12(16(18,19)20)7-8-13(15)17/h3-9H,10H2,1-2H3. The Bertz CT molecular complexity index is 869. The lowest BCUT2D eigenvalue weighted by Crippen LogP contribution is -2.27. The van der Waals surface area contributed by atoms with Gasteiger partial charge in [-0.25, -0.2) is 8.42 Å². The highest BCUT2D eigenvalue weighted by Gasteiger charge is 2.33. The zero-order valence-corrected chi connectivity index (χ0v) is 14.9. The first-order valence-corrected chi connectivity index (χ1v) is 8.84. The lowest BCUT2D eigenvalue weighted by molar-refractivity contribution is -0.137. The van der Waals surface area contributed by atoms with Crippen molar-refractivity contribution in [1.29, 1.82) is 0 Å². The van der Waals surface area contributed by atoms with E-state index < -0.39 is 26.7 Å². The molecule has 0 aliphatic rings. The highest BCUT2D eigenvalue weighted by atomic mass is 35.5. The van der Waals surface area contributed by atoms with Crippen LogP contribution in [-0.2, 0) is 22.7 Å². The average molecular weight is 394 g/mol. The van der Waals surface area contributed by atoms with Crippen LogP contribution in [0.15, 0.2) is 47.4 Å². The number of alkyl halides is 3. The molecule has 0 aliphatic heterocycles. The maximum absolute atomic E-state index is 12.9. The van der Waals surface area contributed by atoms with Crippen molar-refractivity contribution in [3.05, 3.63) is 58.6 Å². The Morgan fingerprint density at radius 2 is 1.80 bits per heavy atom. The number of halogens is 4. The molecule has 0 amide bonds. The summed E-state index contributed by atoms with van der Waals surface area (Å²) in [5.74, 6) is 0.472. The van der Waals surface area contributed by atoms with Crippen molar-refractivity contribution >= 4 is 21.6 Å². The van der Waals surface area contributed by atoms with E-state index in [-0.39, 0.29) is 11.6 Å². The van der Waals surface area contributed by atoms with Gasteiger partial charge in [-0.05, 0) is 24.3 Å². The number of para-hydroxylation sites is 1. The molecule has 0 aromatic heterocycles. The Labute approximate surface area is 148 Å². The summed E-state index contributed by atoms with van der Waals surface area (Å²) < 4.78 is 70.0. The summed E-state index contributed by atoms with van der Waals surface area (Å²) in [7, 11) is -1.53. The molecule has 0 bridgehead atoms. The van der Waals surface area contributed by atoms with Crippen LogP contribution in [0.4, 0.5) is 13.2 Å². The minimum absolute atomic E-state index is 0.0844. The van der Waals surface area contributed by atoms with Crippen molar-refractivity contribution in [3.63, 3.8) is 0 Å². The number of hydrogen-bond acceptors (Lipinski definition) is 3. The molecule has 0 saturated carbocycles. The van der Waals surface area contributed by atoms with E-state index in [0.29, 0.717) is 17.4 Å². The van der Waals surface area contributed by atoms with Crippen LogP contribution >= 0.6 is 11.6 Å². The monoisotopic (exact) mass is 393 g/mol. The van der Waals surface area contributed by atoms with E-state index >= 15 is 0 Å². The number of ether oxygens (including phenoxy) is 1. The fourth-order valence-electron chi connectivity index (χ4n) is 2.20. The molecule has 0 spiro atoms. The van der Waals surface area contributed by atoms with E-state index in [1.807, 2.05) is 0 Å². The van der Waals surface area contributed by atoms with Gasteiger partial charge < -0.3 is 4.74 Å². The van der Waals surface area contributed by atoms with Gasteiger partial charge in [-0.1, -0.05) is 29.8 Å². The number of methoxy groups -OCH3 is 1. The summed E-state index contributed by atoms with van der Waals surface area (Å²) in [6.07, 6.45) is -4.67. The summed E-state index contributed by atoms with van der Waals surface area (Å²) in [4.78, 5) is -0.596. The fraction of sp³-hybridized carbons (Fsp3) is 0.250. The molecule has 25 heavy (non-hydrogen) atoms. The Hall–Kier alpha value is -1.77. The molecule has 0 unspecified atom stereocenters. The van der Waals surface area contributed by atoms with Crippen LogP contribution in [-0.4, -0.2) is 26.9 Å². The van der Waals surface area contributed by atoms with Gasteiger partial charge in [-0.15, -0.1) is 0 Å². The second-order valence-electron chi connectivity index (χ2n) is 5.22. The fourth-order valence-corrected chi connectivity index (χ4v) is 3.85. The van der Waals surface area contributed by atoms with Crippen molar-refractivity contribution in [2.24, 2.45) is 0 Å². The third kappa shape index (κ3) is 4.26. The minimum atomic E-state index is -4.67. The molecule has 2 aromatic rings. The molecule has 0 radical (unpaired) electrons. The maximum atomic E-state index is 12.9. The Morgan fingerprint density at radius 3 is 2.40 bits per heavy atom. The molecule has 0 heterocycles. The maximum Gasteiger partial charge on any atom is 0.416 e. The van der Waals surface area contributed by atoms with Gasteiger partial charge in [0.05, 0.1) is 17.7 Å². The van der Waals surface area contributed by atoms with E-state index in [2.05, 4.69) is 0 Å². The van der Waals surface area contributed by atoms with Crippen molar-refractivity contribution in [3.8, 4) is 5.75 Å². The van der Waals surface area contributed by atoms with Gasteiger partial charge in [0.2, 0.25) is 10.0 Å². The van der Waals surface area contributed by atoms with Gasteiger partial charge in [-0.3, -0.25) is 0 Å². The summed E-state index contributed by atoms with van der Waals surface area (Å²) in [6.45, 7) is -0.0844. The number of sulfonamides is 1. The second kappa shape index (κ2) is 7.23. The summed E-state index contributed by atoms with van der Waals surface area (Å²) in [5, 5.41) is -0.278. The molecular weight excluding hydrogens is 379 g/mol. The largest absolute Gasteiger partial charge is 0.496 e. The predicted octanol–water partition coefficient (Wildman–Crippen LogP) is 4.19. The lowest BCUT2D eigenvalue weighted by atomic mass is 10.2. The highest BCUT2D eigenvalue weighted by molar-refractivity contribution is 7.89. The van der Waals surface area contributed by atoms with E-state index in [4.69, 9.17) is 16.3 Å². The molecule has 0 fully saturated rings. The molecular formula is C16H15ClF3NO3S. The van der Waals surface area contributed by atoms with Crippen LogP contribution in [0.5, 0.6) is 5.75 Å². The summed E-state index contributed by atoms with van der Waals surface area (Å²) in [6, 6.07) is 8.95. The van der Waals surface area contributed by atoms with E-state index in [0.717, 1.165) is 16.4 Å². The van der Waals surface area contributed by atoms with Gasteiger partial charge in [0.25, 0.3) is 0 Å². The summed E-state index contributed by atoms with van der Waals surface area (Å²) >= 11 is 5.84.